The number of Topliss-reactive ketones (excluding diaryl/α,β-unsaturated/α-hetero) is 2. The van der Waals surface area contributed by atoms with Crippen molar-refractivity contribution in [3.63, 3.8) is 0 Å². The third-order valence-corrected chi connectivity index (χ3v) is 12.2. The molecule has 16 heteroatoms. The molecule has 16 nitrogen and oxygen atoms in total. The van der Waals surface area contributed by atoms with E-state index in [2.05, 4.69) is 20.6 Å². The third-order valence-electron chi connectivity index (χ3n) is 12.2. The Morgan fingerprint density at radius 2 is 1.68 bits per heavy atom. The van der Waals surface area contributed by atoms with Crippen molar-refractivity contribution >= 4 is 35.8 Å². The fourth-order valence-electron chi connectivity index (χ4n) is 8.86. The van der Waals surface area contributed by atoms with E-state index in [1.165, 1.54) is 6.92 Å². The Bertz CT molecular complexity index is 1880. The molecular weight excluding hydrogens is 775 g/mol. The molecule has 1 aromatic heterocycles. The number of aliphatic hydroxyl groups excluding tert-OH is 1. The molecule has 1 aromatic carbocycles. The summed E-state index contributed by atoms with van der Waals surface area (Å²) in [6.07, 6.45) is 0.660. The summed E-state index contributed by atoms with van der Waals surface area (Å²) in [5.41, 5.74) is -1.48. The van der Waals surface area contributed by atoms with Crippen molar-refractivity contribution in [2.75, 3.05) is 20.6 Å². The van der Waals surface area contributed by atoms with Gasteiger partial charge in [0.05, 0.1) is 12.1 Å². The van der Waals surface area contributed by atoms with Crippen LogP contribution < -0.4 is 10.6 Å². The van der Waals surface area contributed by atoms with Crippen LogP contribution in [0.1, 0.15) is 80.2 Å². The Labute approximate surface area is 352 Å². The van der Waals surface area contributed by atoms with Gasteiger partial charge in [0.15, 0.2) is 23.5 Å². The molecule has 3 fully saturated rings. The van der Waals surface area contributed by atoms with Gasteiger partial charge in [-0.05, 0) is 72.7 Å². The summed E-state index contributed by atoms with van der Waals surface area (Å²) in [4.78, 5) is 79.7. The molecule has 13 atom stereocenters. The van der Waals surface area contributed by atoms with Crippen molar-refractivity contribution in [2.24, 2.45) is 23.7 Å². The van der Waals surface area contributed by atoms with Crippen LogP contribution in [0.15, 0.2) is 48.8 Å². The van der Waals surface area contributed by atoms with E-state index in [0.29, 0.717) is 12.2 Å². The first kappa shape index (κ1) is 46.3. The Kier molecular flexibility index (Phi) is 14.9. The Balaban J connectivity index is 1.48. The number of rotatable bonds is 9. The van der Waals surface area contributed by atoms with E-state index in [-0.39, 0.29) is 37.3 Å². The zero-order valence-electron chi connectivity index (χ0n) is 36.2. The van der Waals surface area contributed by atoms with Gasteiger partial charge in [0.2, 0.25) is 0 Å². The SMILES string of the molecule is CC[C@H]1OC(=O)C(C)C(=O)[C@H](C)[C@@H](O[C@@H]2O[C@H](C)C[C@H](N(C)C)[C@H]2O)[C@](C)(OC(=O)NC/C=C/c2ccc(-c3ncccn3)cc2)C[C@@H](C)C(=O)[C@H](C)[C@H]2NC(=O)O[C@@]21C. The average molecular weight is 836 g/mol. The molecule has 0 aliphatic carbocycles. The van der Waals surface area contributed by atoms with Gasteiger partial charge in [-0.2, -0.15) is 0 Å². The first-order chi connectivity index (χ1) is 28.3. The normalized spacial score (nSPS) is 35.6. The minimum Gasteiger partial charge on any atom is -0.458 e. The van der Waals surface area contributed by atoms with Crippen LogP contribution in [0, 0.1) is 23.7 Å². The molecule has 0 radical (unpaired) electrons. The molecule has 0 spiro atoms. The summed E-state index contributed by atoms with van der Waals surface area (Å²) in [5, 5.41) is 17.1. The maximum atomic E-state index is 14.4. The van der Waals surface area contributed by atoms with Crippen molar-refractivity contribution in [2.45, 2.75) is 129 Å². The molecule has 2 amide bonds. The number of benzene rings is 1. The summed E-state index contributed by atoms with van der Waals surface area (Å²) in [5.74, 6) is -5.38. The van der Waals surface area contributed by atoms with Gasteiger partial charge < -0.3 is 44.3 Å². The second kappa shape index (κ2) is 19.3. The van der Waals surface area contributed by atoms with Crippen LogP contribution in [-0.4, -0.2) is 124 Å². The highest BCUT2D eigenvalue weighted by Crippen LogP contribution is 2.40. The van der Waals surface area contributed by atoms with E-state index in [9.17, 15) is 29.1 Å². The van der Waals surface area contributed by atoms with Crippen molar-refractivity contribution in [3.05, 3.63) is 54.4 Å². The zero-order valence-corrected chi connectivity index (χ0v) is 36.2. The van der Waals surface area contributed by atoms with Crippen LogP contribution in [0.5, 0.6) is 0 Å². The third kappa shape index (κ3) is 10.2. The number of esters is 1. The van der Waals surface area contributed by atoms with Gasteiger partial charge in [0.1, 0.15) is 35.6 Å². The second-order valence-corrected chi connectivity index (χ2v) is 17.0. The number of nitrogens with one attached hydrogen (secondary N) is 2. The minimum atomic E-state index is -1.75. The number of carbonyl (C=O) groups is 5. The molecule has 60 heavy (non-hydrogen) atoms. The van der Waals surface area contributed by atoms with Gasteiger partial charge in [-0.25, -0.2) is 19.6 Å². The van der Waals surface area contributed by atoms with Gasteiger partial charge in [-0.3, -0.25) is 14.4 Å². The van der Waals surface area contributed by atoms with E-state index >= 15 is 0 Å². The standard InChI is InChI=1S/C44H61N5O11/c1-11-32-44(8)36(48-42(55)60-44)26(4)33(50)24(2)23-43(7,59-41(54)47-19-12-14-29-15-17-30(18-16-29)38-45-20-13-21-46-38)37(27(5)34(51)28(6)39(53)57-32)58-40-35(52)31(49(9)10)22-25(3)56-40/h12-18,20-21,24-28,31-32,35-37,40,52H,11,19,22-23H2,1-10H3,(H,47,54)(H,48,55)/b14-12+/t24-,25-,26+,27+,28?,31+,32-,35-,36-,37-,40+,43-,44-/m1/s1. The lowest BCUT2D eigenvalue weighted by molar-refractivity contribution is -0.292. The van der Waals surface area contributed by atoms with E-state index in [4.69, 9.17) is 23.7 Å². The van der Waals surface area contributed by atoms with Gasteiger partial charge in [-0.1, -0.05) is 64.1 Å². The number of ether oxygens (including phenoxy) is 5. The van der Waals surface area contributed by atoms with Crippen LogP contribution in [0.3, 0.4) is 0 Å². The van der Waals surface area contributed by atoms with Gasteiger partial charge in [0, 0.05) is 48.3 Å². The Hall–Kier alpha value is -4.77. The molecule has 3 aliphatic rings. The summed E-state index contributed by atoms with van der Waals surface area (Å²) in [6, 6.07) is 8.03. The van der Waals surface area contributed by atoms with Crippen molar-refractivity contribution in [1.29, 1.82) is 0 Å². The Morgan fingerprint density at radius 1 is 1.02 bits per heavy atom. The molecule has 0 saturated carbocycles. The van der Waals surface area contributed by atoms with Crippen LogP contribution in [0.25, 0.3) is 17.5 Å². The van der Waals surface area contributed by atoms with Crippen molar-refractivity contribution < 1.29 is 52.8 Å². The van der Waals surface area contributed by atoms with Gasteiger partial charge >= 0.3 is 18.2 Å². The molecule has 2 aromatic rings. The molecule has 4 heterocycles. The number of hydrogen-bond donors (Lipinski definition) is 3. The van der Waals surface area contributed by atoms with Crippen molar-refractivity contribution in [1.82, 2.24) is 25.5 Å². The largest absolute Gasteiger partial charge is 0.458 e. The monoisotopic (exact) mass is 835 g/mol. The molecule has 1 unspecified atom stereocenters. The summed E-state index contributed by atoms with van der Waals surface area (Å²) in [6.45, 7) is 13.1. The number of aromatic nitrogens is 2. The highest BCUT2D eigenvalue weighted by molar-refractivity contribution is 6.00. The highest BCUT2D eigenvalue weighted by atomic mass is 16.7. The van der Waals surface area contributed by atoms with E-state index < -0.39 is 89.5 Å². The zero-order chi connectivity index (χ0) is 44.1. The van der Waals surface area contributed by atoms with Crippen LogP contribution >= 0.6 is 0 Å². The van der Waals surface area contributed by atoms with Gasteiger partial charge in [0.25, 0.3) is 0 Å². The summed E-state index contributed by atoms with van der Waals surface area (Å²) < 4.78 is 30.7. The maximum Gasteiger partial charge on any atom is 0.408 e. The molecule has 3 saturated heterocycles. The van der Waals surface area contributed by atoms with Gasteiger partial charge in [-0.15, -0.1) is 0 Å². The first-order valence-electron chi connectivity index (χ1n) is 20.7. The predicted molar refractivity (Wildman–Crippen MR) is 220 cm³/mol. The van der Waals surface area contributed by atoms with Crippen LogP contribution in [0.4, 0.5) is 9.59 Å². The lowest BCUT2D eigenvalue weighted by Crippen LogP contribution is -2.60. The first-order valence-corrected chi connectivity index (χ1v) is 20.7. The van der Waals surface area contributed by atoms with Crippen LogP contribution in [0.2, 0.25) is 0 Å². The number of hydrogen-bond acceptors (Lipinski definition) is 14. The molecule has 5 rings (SSSR count). The molecule has 0 bridgehead atoms. The van der Waals surface area contributed by atoms with E-state index in [1.54, 1.807) is 66.1 Å². The minimum absolute atomic E-state index is 0.0535. The number of fused-ring (bicyclic) bond motifs is 1. The molecule has 3 aliphatic heterocycles. The second-order valence-electron chi connectivity index (χ2n) is 17.0. The summed E-state index contributed by atoms with van der Waals surface area (Å²) >= 11 is 0. The van der Waals surface area contributed by atoms with Crippen LogP contribution in [-0.2, 0) is 38.1 Å². The molecule has 328 valence electrons. The molecular formula is C44H61N5O11. The summed E-state index contributed by atoms with van der Waals surface area (Å²) in [7, 11) is 3.65. The van der Waals surface area contributed by atoms with Crippen molar-refractivity contribution in [3.8, 4) is 11.4 Å². The fraction of sp³-hybridized carbons (Fsp3) is 0.614. The number of carbonyl (C=O) groups excluding carboxylic acids is 5. The predicted octanol–water partition coefficient (Wildman–Crippen LogP) is 4.73. The lowest BCUT2D eigenvalue weighted by Gasteiger charge is -2.47. The smallest absolute Gasteiger partial charge is 0.408 e. The number of cyclic esters (lactones) is 1. The quantitative estimate of drug-likeness (QED) is 0.178. The van der Waals surface area contributed by atoms with E-state index in [0.717, 1.165) is 11.1 Å². The number of alkyl carbamates (subject to hydrolysis) is 2. The highest BCUT2D eigenvalue weighted by Gasteiger charge is 2.57. The maximum absolute atomic E-state index is 14.4. The average Bonchev–Trinajstić information content (AvgIpc) is 3.53. The molecule has 3 N–H and O–H groups in total. The van der Waals surface area contributed by atoms with E-state index in [1.807, 2.05) is 56.3 Å². The number of amides is 2. The topological polar surface area (TPSA) is 205 Å². The number of nitrogens with zero attached hydrogens (tertiary/aromatic N) is 3. The lowest BCUT2D eigenvalue weighted by atomic mass is 9.73. The number of ketones is 2. The number of aliphatic hydroxyl groups is 1. The Morgan fingerprint density at radius 3 is 2.32 bits per heavy atom. The fourth-order valence-corrected chi connectivity index (χ4v) is 8.86. The number of likely N-dealkylation sites (N-methyl/N-ethyl adjacent to an activating group) is 1.